The Kier molecular flexibility index (Phi) is 11.2. The number of alkyl halides is 3. The number of carbonyl (C=O) groups excluding carboxylic acids is 2. The van der Waals surface area contributed by atoms with Crippen LogP contribution in [0.4, 0.5) is 18.9 Å². The van der Waals surface area contributed by atoms with E-state index in [-0.39, 0.29) is 35.7 Å². The average molecular weight is 736 g/mol. The Balaban J connectivity index is 1.08. The summed E-state index contributed by atoms with van der Waals surface area (Å²) < 4.78 is 51.7. The first-order valence-electron chi connectivity index (χ1n) is 16.9. The molecule has 5 aromatic carbocycles. The first-order chi connectivity index (χ1) is 25.9. The van der Waals surface area contributed by atoms with Crippen molar-refractivity contribution in [3.8, 4) is 39.7 Å². The maximum absolute atomic E-state index is 13.6. The number of aliphatic hydroxyl groups excluding tert-OH is 1. The Morgan fingerprint density at radius 3 is 2.06 bits per heavy atom. The molecule has 9 nitrogen and oxygen atoms in total. The topological polar surface area (TPSA) is 125 Å². The molecule has 6 rings (SSSR count). The number of methoxy groups -OCH3 is 1. The molecule has 0 atom stereocenters. The van der Waals surface area contributed by atoms with Gasteiger partial charge in [0.1, 0.15) is 5.75 Å². The van der Waals surface area contributed by atoms with Gasteiger partial charge < -0.3 is 29.6 Å². The van der Waals surface area contributed by atoms with E-state index in [2.05, 4.69) is 34.6 Å². The lowest BCUT2D eigenvalue weighted by atomic mass is 10.0. The third-order valence-corrected chi connectivity index (χ3v) is 8.69. The van der Waals surface area contributed by atoms with E-state index in [0.29, 0.717) is 22.8 Å². The standard InChI is InChI=1S/C42H36F3N3O6/c1-26-3-7-28(8-4-26)29-11-13-30(14-12-29)37-23-46-40(54-37)31-9-5-27(6-10-31)24-48(25-39(50)51)41(52)32-15-18-34(19-16-32)47-38(49)21-33-17-20-35(53-2)22-36(33)42(43,44)45/h3-20,22-23,39,50-51H,21,24-25H2,1-2H3,(H,47,49). The molecule has 0 aliphatic heterocycles. The lowest BCUT2D eigenvalue weighted by Crippen LogP contribution is -2.37. The van der Waals surface area contributed by atoms with E-state index in [4.69, 9.17) is 9.15 Å². The summed E-state index contributed by atoms with van der Waals surface area (Å²) in [6.07, 6.45) is -5.36. The van der Waals surface area contributed by atoms with Gasteiger partial charge >= 0.3 is 6.18 Å². The van der Waals surface area contributed by atoms with E-state index >= 15 is 0 Å². The van der Waals surface area contributed by atoms with E-state index in [1.165, 1.54) is 54.0 Å². The second kappa shape index (κ2) is 16.2. The highest BCUT2D eigenvalue weighted by molar-refractivity contribution is 5.96. The van der Waals surface area contributed by atoms with Crippen molar-refractivity contribution in [1.29, 1.82) is 0 Å². The fraction of sp³-hybridized carbons (Fsp3) is 0.167. The first kappa shape index (κ1) is 37.5. The normalized spacial score (nSPS) is 11.4. The number of aliphatic hydroxyl groups is 2. The number of carbonyl (C=O) groups is 2. The summed E-state index contributed by atoms with van der Waals surface area (Å²) in [5.74, 6) is -0.161. The van der Waals surface area contributed by atoms with E-state index in [0.717, 1.165) is 22.8 Å². The van der Waals surface area contributed by atoms with Crippen molar-refractivity contribution in [2.45, 2.75) is 32.4 Å². The molecule has 6 aromatic rings. The van der Waals surface area contributed by atoms with Gasteiger partial charge in [-0.1, -0.05) is 72.3 Å². The maximum atomic E-state index is 13.6. The molecular weight excluding hydrogens is 699 g/mol. The number of rotatable bonds is 12. The zero-order valence-electron chi connectivity index (χ0n) is 29.3. The molecule has 0 saturated carbocycles. The smallest absolute Gasteiger partial charge is 0.416 e. The molecule has 0 saturated heterocycles. The number of benzene rings is 5. The number of hydrogen-bond donors (Lipinski definition) is 3. The number of aromatic nitrogens is 1. The highest BCUT2D eigenvalue weighted by Gasteiger charge is 2.34. The van der Waals surface area contributed by atoms with Crippen LogP contribution in [0.1, 0.15) is 32.6 Å². The number of ether oxygens (including phenoxy) is 1. The van der Waals surface area contributed by atoms with Gasteiger partial charge in [0.05, 0.1) is 31.8 Å². The quantitative estimate of drug-likeness (QED) is 0.108. The van der Waals surface area contributed by atoms with Crippen molar-refractivity contribution in [3.63, 3.8) is 0 Å². The highest BCUT2D eigenvalue weighted by Crippen LogP contribution is 2.35. The van der Waals surface area contributed by atoms with Gasteiger partial charge in [-0.25, -0.2) is 4.98 Å². The van der Waals surface area contributed by atoms with Crippen molar-refractivity contribution >= 4 is 17.5 Å². The molecule has 0 unspecified atom stereocenters. The van der Waals surface area contributed by atoms with Crippen LogP contribution in [0.15, 0.2) is 126 Å². The summed E-state index contributed by atoms with van der Waals surface area (Å²) in [6, 6.07) is 32.6. The minimum absolute atomic E-state index is 0.0172. The maximum Gasteiger partial charge on any atom is 0.416 e. The van der Waals surface area contributed by atoms with Crippen molar-refractivity contribution in [3.05, 3.63) is 149 Å². The number of nitrogens with one attached hydrogen (secondary N) is 1. The number of aryl methyl sites for hydroxylation is 1. The van der Waals surface area contributed by atoms with Crippen LogP contribution in [0.2, 0.25) is 0 Å². The van der Waals surface area contributed by atoms with Crippen LogP contribution < -0.4 is 10.1 Å². The molecule has 276 valence electrons. The van der Waals surface area contributed by atoms with E-state index in [1.54, 1.807) is 30.5 Å². The van der Waals surface area contributed by atoms with Crippen LogP contribution in [-0.2, 0) is 23.9 Å². The van der Waals surface area contributed by atoms with Crippen LogP contribution in [0, 0.1) is 6.92 Å². The van der Waals surface area contributed by atoms with Crippen molar-refractivity contribution in [1.82, 2.24) is 9.88 Å². The lowest BCUT2D eigenvalue weighted by Gasteiger charge is -2.24. The highest BCUT2D eigenvalue weighted by atomic mass is 19.4. The molecule has 3 N–H and O–H groups in total. The van der Waals surface area contributed by atoms with E-state index < -0.39 is 36.3 Å². The van der Waals surface area contributed by atoms with Crippen LogP contribution in [-0.4, -0.2) is 51.9 Å². The van der Waals surface area contributed by atoms with Crippen molar-refractivity contribution in [2.24, 2.45) is 0 Å². The lowest BCUT2D eigenvalue weighted by molar-refractivity contribution is -0.138. The predicted molar refractivity (Wildman–Crippen MR) is 197 cm³/mol. The number of amides is 2. The number of halogens is 3. The molecular formula is C42H36F3N3O6. The molecule has 12 heteroatoms. The Bertz CT molecular complexity index is 2220. The minimum atomic E-state index is -4.68. The Morgan fingerprint density at radius 1 is 0.833 bits per heavy atom. The first-order valence-corrected chi connectivity index (χ1v) is 16.9. The molecule has 54 heavy (non-hydrogen) atoms. The molecule has 0 spiro atoms. The molecule has 1 heterocycles. The van der Waals surface area contributed by atoms with Crippen LogP contribution in [0.25, 0.3) is 33.9 Å². The summed E-state index contributed by atoms with van der Waals surface area (Å²) in [5.41, 5.74) is 4.96. The SMILES string of the molecule is COc1ccc(CC(=O)Nc2ccc(C(=O)N(Cc3ccc(-c4ncc(-c5ccc(-c6ccc(C)cc6)cc5)o4)cc3)CC(O)O)cc2)c(C(F)(F)F)c1. The minimum Gasteiger partial charge on any atom is -0.497 e. The third kappa shape index (κ3) is 9.21. The third-order valence-electron chi connectivity index (χ3n) is 8.69. The number of oxazole rings is 1. The molecule has 0 radical (unpaired) electrons. The number of nitrogens with zero attached hydrogens (tertiary/aromatic N) is 2. The molecule has 1 aromatic heterocycles. The Morgan fingerprint density at radius 2 is 1.44 bits per heavy atom. The summed E-state index contributed by atoms with van der Waals surface area (Å²) in [6.45, 7) is 1.71. The van der Waals surface area contributed by atoms with E-state index in [9.17, 15) is 33.0 Å². The molecule has 0 aliphatic rings. The molecule has 0 bridgehead atoms. The largest absolute Gasteiger partial charge is 0.497 e. The second-order valence-corrected chi connectivity index (χ2v) is 12.7. The second-order valence-electron chi connectivity index (χ2n) is 12.7. The summed E-state index contributed by atoms with van der Waals surface area (Å²) >= 11 is 0. The Labute approximate surface area is 309 Å². The van der Waals surface area contributed by atoms with E-state index in [1.807, 2.05) is 31.2 Å². The van der Waals surface area contributed by atoms with Crippen LogP contribution >= 0.6 is 0 Å². The fourth-order valence-corrected chi connectivity index (χ4v) is 5.86. The van der Waals surface area contributed by atoms with Gasteiger partial charge in [-0.2, -0.15) is 13.2 Å². The van der Waals surface area contributed by atoms with Crippen molar-refractivity contribution < 1.29 is 42.1 Å². The van der Waals surface area contributed by atoms with Crippen LogP contribution in [0.3, 0.4) is 0 Å². The summed E-state index contributed by atoms with van der Waals surface area (Å²) in [5, 5.41) is 22.0. The predicted octanol–water partition coefficient (Wildman–Crippen LogP) is 8.15. The van der Waals surface area contributed by atoms with Gasteiger partial charge in [0.25, 0.3) is 5.91 Å². The van der Waals surface area contributed by atoms with Crippen molar-refractivity contribution in [2.75, 3.05) is 19.0 Å². The zero-order valence-corrected chi connectivity index (χ0v) is 29.3. The zero-order chi connectivity index (χ0) is 38.4. The summed E-state index contributed by atoms with van der Waals surface area (Å²) in [7, 11) is 1.25. The van der Waals surface area contributed by atoms with Gasteiger partial charge in [-0.15, -0.1) is 0 Å². The molecule has 0 aliphatic carbocycles. The van der Waals surface area contributed by atoms with Gasteiger partial charge in [0.2, 0.25) is 11.8 Å². The van der Waals surface area contributed by atoms with Crippen LogP contribution in [0.5, 0.6) is 5.75 Å². The van der Waals surface area contributed by atoms with Gasteiger partial charge in [-0.3, -0.25) is 9.59 Å². The van der Waals surface area contributed by atoms with Gasteiger partial charge in [0.15, 0.2) is 12.1 Å². The molecule has 2 amide bonds. The summed E-state index contributed by atoms with van der Waals surface area (Å²) in [4.78, 5) is 31.8. The Hall–Kier alpha value is -6.24. The fourth-order valence-electron chi connectivity index (χ4n) is 5.86. The number of hydrogen-bond acceptors (Lipinski definition) is 7. The number of anilines is 1. The average Bonchev–Trinajstić information content (AvgIpc) is 3.65. The molecule has 0 fully saturated rings. The monoisotopic (exact) mass is 735 g/mol. The van der Waals surface area contributed by atoms with Gasteiger partial charge in [0, 0.05) is 28.9 Å². The van der Waals surface area contributed by atoms with Gasteiger partial charge in [-0.05, 0) is 77.7 Å².